The fourth-order valence-corrected chi connectivity index (χ4v) is 2.95. The molecule has 3 rings (SSSR count). The van der Waals surface area contributed by atoms with E-state index < -0.39 is 5.91 Å². The topological polar surface area (TPSA) is 76.0 Å². The van der Waals surface area contributed by atoms with Crippen LogP contribution in [0.3, 0.4) is 0 Å². The molecule has 2 N–H and O–H groups in total. The summed E-state index contributed by atoms with van der Waals surface area (Å²) in [6.07, 6.45) is 0.101. The molecule has 0 atom stereocenters. The van der Waals surface area contributed by atoms with Gasteiger partial charge in [-0.2, -0.15) is 5.10 Å². The van der Waals surface area contributed by atoms with Crippen molar-refractivity contribution in [2.24, 2.45) is 0 Å². The number of nitrogens with one attached hydrogen (secondary N) is 2. The van der Waals surface area contributed by atoms with Gasteiger partial charge in [-0.25, -0.2) is 9.07 Å². The molecule has 2 aromatic carbocycles. The maximum atomic E-state index is 13.1. The number of nitrogens with zero attached hydrogens (tertiary/aromatic N) is 2. The van der Waals surface area contributed by atoms with E-state index in [1.54, 1.807) is 54.9 Å². The summed E-state index contributed by atoms with van der Waals surface area (Å²) in [5.74, 6) is -1.20. The second kappa shape index (κ2) is 8.22. The van der Waals surface area contributed by atoms with Gasteiger partial charge in [-0.05, 0) is 55.8 Å². The van der Waals surface area contributed by atoms with E-state index in [2.05, 4.69) is 16.0 Å². The molecule has 144 valence electrons. The molecule has 0 aliphatic heterocycles. The van der Waals surface area contributed by atoms with Crippen LogP contribution in [0.1, 0.15) is 27.3 Å². The highest BCUT2D eigenvalue weighted by atomic mass is 35.5. The zero-order valence-electron chi connectivity index (χ0n) is 15.3. The number of hydrogen-bond donors (Lipinski definition) is 2. The van der Waals surface area contributed by atoms with Crippen molar-refractivity contribution in [2.45, 2.75) is 20.3 Å². The lowest BCUT2D eigenvalue weighted by Gasteiger charge is -2.08. The van der Waals surface area contributed by atoms with Gasteiger partial charge in [0.1, 0.15) is 5.82 Å². The van der Waals surface area contributed by atoms with E-state index in [4.69, 9.17) is 11.6 Å². The van der Waals surface area contributed by atoms with Crippen molar-refractivity contribution in [2.75, 3.05) is 0 Å². The summed E-state index contributed by atoms with van der Waals surface area (Å²) in [7, 11) is 0. The van der Waals surface area contributed by atoms with Gasteiger partial charge in [0.15, 0.2) is 0 Å². The van der Waals surface area contributed by atoms with Gasteiger partial charge in [-0.1, -0.05) is 23.7 Å². The van der Waals surface area contributed by atoms with Crippen molar-refractivity contribution >= 4 is 23.4 Å². The molecular weight excluding hydrogens is 383 g/mol. The molecule has 1 aromatic heterocycles. The molecule has 0 saturated carbocycles. The molecular formula is C20H18ClFN4O2. The molecule has 0 spiro atoms. The van der Waals surface area contributed by atoms with Crippen LogP contribution in [0.15, 0.2) is 48.5 Å². The normalized spacial score (nSPS) is 10.6. The van der Waals surface area contributed by atoms with Crippen molar-refractivity contribution in [3.8, 4) is 5.69 Å². The van der Waals surface area contributed by atoms with Crippen molar-refractivity contribution in [3.05, 3.63) is 81.9 Å². The molecule has 28 heavy (non-hydrogen) atoms. The van der Waals surface area contributed by atoms with Crippen LogP contribution in [-0.2, 0) is 11.2 Å². The summed E-state index contributed by atoms with van der Waals surface area (Å²) in [6.45, 7) is 3.42. The maximum absolute atomic E-state index is 13.1. The summed E-state index contributed by atoms with van der Waals surface area (Å²) in [6, 6.07) is 12.7. The van der Waals surface area contributed by atoms with Gasteiger partial charge in [0.2, 0.25) is 5.91 Å². The maximum Gasteiger partial charge on any atom is 0.273 e. The van der Waals surface area contributed by atoms with Gasteiger partial charge in [0, 0.05) is 5.02 Å². The Labute approximate surface area is 166 Å². The Balaban J connectivity index is 1.68. The summed E-state index contributed by atoms with van der Waals surface area (Å²) >= 11 is 5.82. The quantitative estimate of drug-likeness (QED) is 0.660. The van der Waals surface area contributed by atoms with Gasteiger partial charge >= 0.3 is 0 Å². The van der Waals surface area contributed by atoms with Crippen molar-refractivity contribution in [1.82, 2.24) is 20.6 Å². The van der Waals surface area contributed by atoms with E-state index in [0.717, 1.165) is 5.56 Å². The van der Waals surface area contributed by atoms with Crippen molar-refractivity contribution < 1.29 is 14.0 Å². The highest BCUT2D eigenvalue weighted by Crippen LogP contribution is 2.18. The summed E-state index contributed by atoms with van der Waals surface area (Å²) in [4.78, 5) is 24.6. The first kappa shape index (κ1) is 19.6. The number of benzene rings is 2. The third-order valence-corrected chi connectivity index (χ3v) is 4.43. The highest BCUT2D eigenvalue weighted by molar-refractivity contribution is 6.30. The minimum absolute atomic E-state index is 0.101. The molecule has 6 nitrogen and oxygen atoms in total. The van der Waals surface area contributed by atoms with Gasteiger partial charge < -0.3 is 0 Å². The van der Waals surface area contributed by atoms with Crippen LogP contribution in [0.5, 0.6) is 0 Å². The minimum Gasteiger partial charge on any atom is -0.273 e. The highest BCUT2D eigenvalue weighted by Gasteiger charge is 2.20. The number of hydrazine groups is 1. The first-order chi connectivity index (χ1) is 13.3. The summed E-state index contributed by atoms with van der Waals surface area (Å²) in [5, 5.41) is 4.93. The zero-order chi connectivity index (χ0) is 20.3. The Morgan fingerprint density at radius 1 is 1.04 bits per heavy atom. The van der Waals surface area contributed by atoms with Crippen molar-refractivity contribution in [3.63, 3.8) is 0 Å². The molecule has 0 radical (unpaired) electrons. The summed E-state index contributed by atoms with van der Waals surface area (Å²) < 4.78 is 14.7. The predicted molar refractivity (Wildman–Crippen MR) is 104 cm³/mol. The van der Waals surface area contributed by atoms with Crippen LogP contribution in [0.25, 0.3) is 5.69 Å². The van der Waals surface area contributed by atoms with Crippen LogP contribution in [0, 0.1) is 19.7 Å². The Bertz CT molecular complexity index is 1010. The first-order valence-electron chi connectivity index (χ1n) is 8.51. The largest absolute Gasteiger partial charge is 0.273 e. The molecule has 0 unspecified atom stereocenters. The smallest absolute Gasteiger partial charge is 0.273 e. The Morgan fingerprint density at radius 3 is 2.32 bits per heavy atom. The fraction of sp³-hybridized carbons (Fsp3) is 0.150. The molecule has 8 heteroatoms. The van der Waals surface area contributed by atoms with E-state index in [-0.39, 0.29) is 18.1 Å². The lowest BCUT2D eigenvalue weighted by molar-refractivity contribution is -0.121. The fourth-order valence-electron chi connectivity index (χ4n) is 2.83. The van der Waals surface area contributed by atoms with Crippen LogP contribution in [0.4, 0.5) is 4.39 Å². The molecule has 3 aromatic rings. The molecule has 0 bridgehead atoms. The minimum atomic E-state index is -0.479. The molecule has 0 aliphatic rings. The predicted octanol–water partition coefficient (Wildman–Crippen LogP) is 3.29. The summed E-state index contributed by atoms with van der Waals surface area (Å²) in [5.41, 5.74) is 7.62. The second-order valence-corrected chi connectivity index (χ2v) is 6.68. The van der Waals surface area contributed by atoms with Gasteiger partial charge in [0.05, 0.1) is 29.1 Å². The van der Waals surface area contributed by atoms with Crippen LogP contribution >= 0.6 is 11.6 Å². The SMILES string of the molecule is Cc1nn(-c2ccc(F)cc2)c(C)c1C(=O)NNC(=O)Cc1ccc(Cl)cc1. The second-order valence-electron chi connectivity index (χ2n) is 6.24. The van der Waals surface area contributed by atoms with E-state index in [0.29, 0.717) is 27.7 Å². The Kier molecular flexibility index (Phi) is 5.75. The van der Waals surface area contributed by atoms with Crippen LogP contribution in [0.2, 0.25) is 5.02 Å². The number of carbonyl (C=O) groups excluding carboxylic acids is 2. The Hall–Kier alpha value is -3.19. The van der Waals surface area contributed by atoms with E-state index in [1.165, 1.54) is 12.1 Å². The number of aromatic nitrogens is 2. The number of hydrogen-bond acceptors (Lipinski definition) is 3. The van der Waals surface area contributed by atoms with Crippen molar-refractivity contribution in [1.29, 1.82) is 0 Å². The lowest BCUT2D eigenvalue weighted by atomic mass is 10.1. The van der Waals surface area contributed by atoms with Crippen LogP contribution in [-0.4, -0.2) is 21.6 Å². The average molecular weight is 401 g/mol. The van der Waals surface area contributed by atoms with Gasteiger partial charge in [-0.15, -0.1) is 0 Å². The van der Waals surface area contributed by atoms with E-state index in [9.17, 15) is 14.0 Å². The number of aryl methyl sites for hydroxylation is 1. The van der Waals surface area contributed by atoms with Gasteiger partial charge in [0.25, 0.3) is 5.91 Å². The number of rotatable bonds is 4. The average Bonchev–Trinajstić information content (AvgIpc) is 2.96. The Morgan fingerprint density at radius 2 is 1.68 bits per heavy atom. The van der Waals surface area contributed by atoms with Gasteiger partial charge in [-0.3, -0.25) is 20.4 Å². The monoisotopic (exact) mass is 400 g/mol. The molecule has 2 amide bonds. The number of halogens is 2. The first-order valence-corrected chi connectivity index (χ1v) is 8.88. The third kappa shape index (κ3) is 4.37. The molecule has 1 heterocycles. The zero-order valence-corrected chi connectivity index (χ0v) is 16.0. The lowest BCUT2D eigenvalue weighted by Crippen LogP contribution is -2.42. The molecule has 0 fully saturated rings. The van der Waals surface area contributed by atoms with E-state index in [1.807, 2.05) is 0 Å². The third-order valence-electron chi connectivity index (χ3n) is 4.18. The molecule has 0 aliphatic carbocycles. The standard InChI is InChI=1S/C20H18ClFN4O2/c1-12-19(13(2)26(25-12)17-9-7-16(22)8-10-17)20(28)24-23-18(27)11-14-3-5-15(21)6-4-14/h3-10H,11H2,1-2H3,(H,23,27)(H,24,28). The van der Waals surface area contributed by atoms with E-state index >= 15 is 0 Å². The molecule has 0 saturated heterocycles. The number of carbonyl (C=O) groups is 2. The van der Waals surface area contributed by atoms with Crippen LogP contribution < -0.4 is 10.9 Å². The number of amides is 2.